The fourth-order valence-electron chi connectivity index (χ4n) is 5.94. The van der Waals surface area contributed by atoms with E-state index in [9.17, 15) is 4.79 Å². The predicted octanol–water partition coefficient (Wildman–Crippen LogP) is 4.69. The number of H-pyrrole nitrogens is 1. The van der Waals surface area contributed by atoms with Gasteiger partial charge in [0.15, 0.2) is 5.75 Å². The monoisotopic (exact) mass is 548 g/mol. The maximum atomic E-state index is 15.1. The molecule has 0 unspecified atom stereocenters. The molecule has 0 bridgehead atoms. The third kappa shape index (κ3) is 4.45. The molecular formula is C28H33FN8O3. The highest BCUT2D eigenvalue weighted by Gasteiger charge is 2.55. The summed E-state index contributed by atoms with van der Waals surface area (Å²) in [6.07, 6.45) is 3.44. The Balaban J connectivity index is 1.51. The van der Waals surface area contributed by atoms with Gasteiger partial charge in [-0.15, -0.1) is 0 Å². The van der Waals surface area contributed by atoms with Gasteiger partial charge in [0.25, 0.3) is 0 Å². The van der Waals surface area contributed by atoms with Crippen LogP contribution in [0, 0.1) is 24.1 Å². The van der Waals surface area contributed by atoms with Crippen molar-refractivity contribution in [1.82, 2.24) is 24.9 Å². The SMILES string of the molecule is Cc1ncc(Oc2nc(N3C[C@@H]4[C@H](N)C[C@]4(C)C3)c3c(n2)[nH]c2c(N(C)C(=O)OC(C)(C)C)cc(F)cc23)cn1. The lowest BCUT2D eigenvalue weighted by Crippen LogP contribution is -2.53. The maximum absolute atomic E-state index is 15.1. The molecule has 4 aromatic rings. The van der Waals surface area contributed by atoms with E-state index in [1.165, 1.54) is 17.0 Å². The van der Waals surface area contributed by atoms with Crippen molar-refractivity contribution >= 4 is 39.5 Å². The number of ether oxygens (including phenoxy) is 2. The number of nitrogens with two attached hydrogens (primary N) is 1. The summed E-state index contributed by atoms with van der Waals surface area (Å²) in [7, 11) is 1.55. The fraction of sp³-hybridized carbons (Fsp3) is 0.464. The number of aromatic amines is 1. The van der Waals surface area contributed by atoms with Crippen molar-refractivity contribution in [2.75, 3.05) is 29.9 Å². The van der Waals surface area contributed by atoms with Crippen LogP contribution in [0.4, 0.5) is 20.7 Å². The Bertz CT molecular complexity index is 1630. The lowest BCUT2D eigenvalue weighted by molar-refractivity contribution is 0.0589. The normalized spacial score (nSPS) is 22.4. The summed E-state index contributed by atoms with van der Waals surface area (Å²) >= 11 is 0. The molecule has 12 heteroatoms. The number of rotatable bonds is 4. The number of benzene rings is 1. The van der Waals surface area contributed by atoms with Gasteiger partial charge >= 0.3 is 12.1 Å². The lowest BCUT2D eigenvalue weighted by atomic mass is 9.60. The van der Waals surface area contributed by atoms with Gasteiger partial charge in [-0.3, -0.25) is 4.90 Å². The highest BCUT2D eigenvalue weighted by atomic mass is 19.1. The van der Waals surface area contributed by atoms with Crippen molar-refractivity contribution in [2.24, 2.45) is 17.1 Å². The molecule has 210 valence electrons. The number of hydrogen-bond acceptors (Lipinski definition) is 9. The Morgan fingerprint density at radius 1 is 1.25 bits per heavy atom. The first-order valence-corrected chi connectivity index (χ1v) is 13.3. The molecule has 1 amide bonds. The van der Waals surface area contributed by atoms with E-state index < -0.39 is 17.5 Å². The van der Waals surface area contributed by atoms with Crippen LogP contribution < -0.4 is 20.3 Å². The molecule has 3 atom stereocenters. The molecule has 2 fully saturated rings. The Hall–Kier alpha value is -4.06. The van der Waals surface area contributed by atoms with Gasteiger partial charge in [-0.2, -0.15) is 9.97 Å². The molecule has 1 aromatic carbocycles. The van der Waals surface area contributed by atoms with Gasteiger partial charge in [-0.05, 0) is 57.6 Å². The van der Waals surface area contributed by atoms with E-state index in [4.69, 9.17) is 20.2 Å². The highest BCUT2D eigenvalue weighted by molar-refractivity contribution is 6.16. The van der Waals surface area contributed by atoms with E-state index in [1.54, 1.807) is 47.1 Å². The number of fused-ring (bicyclic) bond motifs is 4. The highest BCUT2D eigenvalue weighted by Crippen LogP contribution is 2.52. The average molecular weight is 549 g/mol. The van der Waals surface area contributed by atoms with Gasteiger partial charge in [-0.25, -0.2) is 19.2 Å². The zero-order valence-electron chi connectivity index (χ0n) is 23.4. The van der Waals surface area contributed by atoms with Crippen molar-refractivity contribution in [3.05, 3.63) is 36.2 Å². The Morgan fingerprint density at radius 2 is 1.98 bits per heavy atom. The van der Waals surface area contributed by atoms with Crippen LogP contribution in [0.15, 0.2) is 24.5 Å². The minimum Gasteiger partial charge on any atom is -0.443 e. The first-order valence-electron chi connectivity index (χ1n) is 13.3. The van der Waals surface area contributed by atoms with E-state index in [2.05, 4.69) is 31.8 Å². The van der Waals surface area contributed by atoms with Gasteiger partial charge in [0.1, 0.15) is 28.7 Å². The number of aryl methyl sites for hydroxylation is 1. The van der Waals surface area contributed by atoms with E-state index >= 15 is 4.39 Å². The molecule has 6 rings (SSSR count). The van der Waals surface area contributed by atoms with Crippen LogP contribution in [0.1, 0.15) is 39.9 Å². The zero-order valence-corrected chi connectivity index (χ0v) is 23.4. The van der Waals surface area contributed by atoms with Crippen molar-refractivity contribution in [3.63, 3.8) is 0 Å². The van der Waals surface area contributed by atoms with Crippen molar-refractivity contribution in [2.45, 2.75) is 52.7 Å². The van der Waals surface area contributed by atoms with Crippen LogP contribution in [-0.2, 0) is 4.74 Å². The number of nitrogens with zero attached hydrogens (tertiary/aromatic N) is 6. The number of carbonyl (C=O) groups is 1. The lowest BCUT2D eigenvalue weighted by Gasteiger charge is -2.46. The maximum Gasteiger partial charge on any atom is 0.414 e. The van der Waals surface area contributed by atoms with E-state index in [-0.39, 0.29) is 17.5 Å². The summed E-state index contributed by atoms with van der Waals surface area (Å²) in [5.41, 5.74) is 7.01. The summed E-state index contributed by atoms with van der Waals surface area (Å²) in [5.74, 6) is 1.43. The number of halogens is 1. The van der Waals surface area contributed by atoms with Crippen LogP contribution in [-0.4, -0.2) is 62.8 Å². The van der Waals surface area contributed by atoms with Crippen molar-refractivity contribution in [1.29, 1.82) is 0 Å². The molecule has 40 heavy (non-hydrogen) atoms. The Morgan fingerprint density at radius 3 is 2.62 bits per heavy atom. The zero-order chi connectivity index (χ0) is 28.6. The van der Waals surface area contributed by atoms with Crippen LogP contribution in [0.3, 0.4) is 0 Å². The summed E-state index contributed by atoms with van der Waals surface area (Å²) in [5, 5.41) is 1.19. The molecule has 0 radical (unpaired) electrons. The second kappa shape index (κ2) is 8.98. The van der Waals surface area contributed by atoms with Gasteiger partial charge in [-0.1, -0.05) is 6.92 Å². The molecule has 0 spiro atoms. The molecule has 4 heterocycles. The Labute approximate surface area is 230 Å². The predicted molar refractivity (Wildman–Crippen MR) is 149 cm³/mol. The van der Waals surface area contributed by atoms with Crippen molar-refractivity contribution in [3.8, 4) is 11.8 Å². The van der Waals surface area contributed by atoms with Crippen molar-refractivity contribution < 1.29 is 18.7 Å². The molecule has 3 aromatic heterocycles. The number of amides is 1. The quantitative estimate of drug-likeness (QED) is 0.372. The van der Waals surface area contributed by atoms with Gasteiger partial charge < -0.3 is 25.1 Å². The van der Waals surface area contributed by atoms with E-state index in [1.807, 2.05) is 0 Å². The third-order valence-electron chi connectivity index (χ3n) is 7.84. The molecule has 1 saturated heterocycles. The van der Waals surface area contributed by atoms with Crippen LogP contribution in [0.2, 0.25) is 0 Å². The summed E-state index contributed by atoms with van der Waals surface area (Å²) in [6.45, 7) is 10.8. The molecule has 3 N–H and O–H groups in total. The van der Waals surface area contributed by atoms with E-state index in [0.717, 1.165) is 13.0 Å². The fourth-order valence-corrected chi connectivity index (χ4v) is 5.94. The van der Waals surface area contributed by atoms with Crippen LogP contribution in [0.5, 0.6) is 11.8 Å². The summed E-state index contributed by atoms with van der Waals surface area (Å²) < 4.78 is 26.6. The Kier molecular flexibility index (Phi) is 5.88. The molecule has 11 nitrogen and oxygen atoms in total. The van der Waals surface area contributed by atoms with Crippen LogP contribution >= 0.6 is 0 Å². The molecular weight excluding hydrogens is 515 g/mol. The van der Waals surface area contributed by atoms with Gasteiger partial charge in [0.2, 0.25) is 0 Å². The minimum absolute atomic E-state index is 0.0714. The number of nitrogens with one attached hydrogen (secondary N) is 1. The first kappa shape index (κ1) is 26.2. The van der Waals surface area contributed by atoms with E-state index in [0.29, 0.717) is 57.5 Å². The second-order valence-corrected chi connectivity index (χ2v) is 12.1. The largest absolute Gasteiger partial charge is 0.443 e. The number of aromatic nitrogens is 5. The molecule has 1 aliphatic heterocycles. The number of hydrogen-bond donors (Lipinski definition) is 2. The molecule has 2 aliphatic rings. The third-order valence-corrected chi connectivity index (χ3v) is 7.84. The summed E-state index contributed by atoms with van der Waals surface area (Å²) in [4.78, 5) is 37.5. The number of anilines is 2. The smallest absolute Gasteiger partial charge is 0.414 e. The molecule has 1 aliphatic carbocycles. The molecule has 1 saturated carbocycles. The minimum atomic E-state index is -0.713. The topological polar surface area (TPSA) is 135 Å². The average Bonchev–Trinajstić information content (AvgIpc) is 3.37. The standard InChI is InChI=1S/C28H33FN8O3/c1-14-31-10-16(11-32-14)39-25-34-23-21(24(35-25)37-12-18-19(30)9-28(18,5)13-37)17-7-15(29)8-20(22(17)33-23)36(6)26(38)40-27(2,3)4/h7-8,10-11,18-19H,9,12-13,30H2,1-6H3,(H,33,34,35)/t18-,19-,28-/m1/s1. The summed E-state index contributed by atoms with van der Waals surface area (Å²) in [6, 6.07) is 2.95. The number of carbonyl (C=O) groups excluding carboxylic acids is 1. The van der Waals surface area contributed by atoms with Gasteiger partial charge in [0.05, 0.1) is 29.0 Å². The first-order chi connectivity index (χ1) is 18.8. The van der Waals surface area contributed by atoms with Crippen LogP contribution in [0.25, 0.3) is 21.9 Å². The van der Waals surface area contributed by atoms with Gasteiger partial charge in [0, 0.05) is 31.6 Å². The second-order valence-electron chi connectivity index (χ2n) is 12.1.